The van der Waals surface area contributed by atoms with Crippen LogP contribution in [0.5, 0.6) is 0 Å². The van der Waals surface area contributed by atoms with E-state index in [0.29, 0.717) is 6.42 Å². The summed E-state index contributed by atoms with van der Waals surface area (Å²) in [5.74, 6) is -1.80. The Morgan fingerprint density at radius 2 is 2.05 bits per heavy atom. The molecule has 1 rings (SSSR count). The minimum Gasteiger partial charge on any atom is -0.480 e. The molecule has 0 saturated carbocycles. The molecule has 1 fully saturated rings. The molecular weight excluding hydrogens is 276 g/mol. The molecule has 0 aromatic carbocycles. The molecule has 1 aliphatic rings. The fraction of sp³-hybridized carbons (Fsp3) is 0.786. The number of carboxylic acids is 1. The molecule has 21 heavy (non-hydrogen) atoms. The first kappa shape index (κ1) is 17.3. The van der Waals surface area contributed by atoms with Gasteiger partial charge in [0.1, 0.15) is 11.6 Å². The highest BCUT2D eigenvalue weighted by Gasteiger charge is 2.40. The van der Waals surface area contributed by atoms with Gasteiger partial charge in [0.05, 0.1) is 0 Å². The Bertz CT molecular complexity index is 439. The van der Waals surface area contributed by atoms with Gasteiger partial charge in [0.2, 0.25) is 5.91 Å². The van der Waals surface area contributed by atoms with Crippen molar-refractivity contribution < 1.29 is 24.2 Å². The van der Waals surface area contributed by atoms with Gasteiger partial charge in [-0.15, -0.1) is 0 Å². The van der Waals surface area contributed by atoms with E-state index in [4.69, 9.17) is 4.74 Å². The third kappa shape index (κ3) is 5.61. The molecule has 0 spiro atoms. The van der Waals surface area contributed by atoms with Crippen LogP contribution in [0.25, 0.3) is 0 Å². The van der Waals surface area contributed by atoms with Gasteiger partial charge in [-0.05, 0) is 47.5 Å². The molecule has 0 radical (unpaired) electrons. The van der Waals surface area contributed by atoms with E-state index in [1.54, 1.807) is 20.8 Å². The van der Waals surface area contributed by atoms with Crippen LogP contribution < -0.4 is 10.6 Å². The molecule has 120 valence electrons. The summed E-state index contributed by atoms with van der Waals surface area (Å²) in [6.45, 7) is 8.82. The third-order valence-electron chi connectivity index (χ3n) is 3.10. The zero-order valence-corrected chi connectivity index (χ0v) is 13.1. The summed E-state index contributed by atoms with van der Waals surface area (Å²) >= 11 is 0. The van der Waals surface area contributed by atoms with Crippen molar-refractivity contribution >= 4 is 18.0 Å². The number of hydrogen-bond donors (Lipinski definition) is 3. The minimum absolute atomic E-state index is 0.0455. The van der Waals surface area contributed by atoms with E-state index in [0.717, 1.165) is 0 Å². The number of rotatable bonds is 4. The summed E-state index contributed by atoms with van der Waals surface area (Å²) < 4.78 is 5.04. The number of nitrogens with one attached hydrogen (secondary N) is 2. The number of carbonyl (C=O) groups is 3. The van der Waals surface area contributed by atoms with Crippen molar-refractivity contribution in [3.05, 3.63) is 0 Å². The summed E-state index contributed by atoms with van der Waals surface area (Å²) in [5.41, 5.74) is -1.06. The lowest BCUT2D eigenvalue weighted by molar-refractivity contribution is -0.140. The van der Waals surface area contributed by atoms with Gasteiger partial charge in [-0.1, -0.05) is 0 Å². The Balaban J connectivity index is 2.65. The number of ether oxygens (including phenoxy) is 1. The van der Waals surface area contributed by atoms with Crippen LogP contribution in [0.4, 0.5) is 4.79 Å². The highest BCUT2D eigenvalue weighted by Crippen LogP contribution is 2.27. The van der Waals surface area contributed by atoms with Crippen molar-refractivity contribution in [3.63, 3.8) is 0 Å². The summed E-state index contributed by atoms with van der Waals surface area (Å²) in [7, 11) is 0. The molecule has 0 aromatic rings. The average Bonchev–Trinajstić information content (AvgIpc) is 2.47. The first-order valence-electron chi connectivity index (χ1n) is 6.94. The average molecular weight is 300 g/mol. The van der Waals surface area contributed by atoms with E-state index in [9.17, 15) is 19.5 Å². The standard InChI is InChI=1S/C14H24N2O5/c1-13(2,3)21-12(20)15-9(11(18)19)6-8-7-14(4,5)16-10(8)17/h8-9H,6-7H2,1-5H3,(H,15,20)(H,16,17)(H,18,19)/t8?,9-/m0/s1. The second-order valence-corrected chi connectivity index (χ2v) is 7.05. The van der Waals surface area contributed by atoms with E-state index in [1.807, 2.05) is 13.8 Å². The molecule has 7 heteroatoms. The lowest BCUT2D eigenvalue weighted by Crippen LogP contribution is -2.45. The van der Waals surface area contributed by atoms with Gasteiger partial charge in [0.25, 0.3) is 0 Å². The van der Waals surface area contributed by atoms with Crippen molar-refractivity contribution in [2.75, 3.05) is 0 Å². The Kier molecular flexibility index (Phi) is 4.86. The molecule has 0 aliphatic carbocycles. The summed E-state index contributed by atoms with van der Waals surface area (Å²) in [4.78, 5) is 34.7. The molecule has 1 heterocycles. The van der Waals surface area contributed by atoms with Crippen LogP contribution in [0.2, 0.25) is 0 Å². The molecule has 1 saturated heterocycles. The monoisotopic (exact) mass is 300 g/mol. The lowest BCUT2D eigenvalue weighted by Gasteiger charge is -2.23. The van der Waals surface area contributed by atoms with E-state index >= 15 is 0 Å². The fourth-order valence-corrected chi connectivity index (χ4v) is 2.34. The van der Waals surface area contributed by atoms with Crippen LogP contribution in [0.15, 0.2) is 0 Å². The molecule has 2 atom stereocenters. The van der Waals surface area contributed by atoms with Crippen LogP contribution in [0.3, 0.4) is 0 Å². The van der Waals surface area contributed by atoms with Crippen LogP contribution in [-0.4, -0.2) is 40.3 Å². The fourth-order valence-electron chi connectivity index (χ4n) is 2.34. The van der Waals surface area contributed by atoms with Crippen LogP contribution in [0, 0.1) is 5.92 Å². The number of amides is 2. The van der Waals surface area contributed by atoms with Gasteiger partial charge in [0, 0.05) is 11.5 Å². The normalized spacial score (nSPS) is 22.3. The van der Waals surface area contributed by atoms with Crippen molar-refractivity contribution in [1.82, 2.24) is 10.6 Å². The second-order valence-electron chi connectivity index (χ2n) is 7.05. The first-order chi connectivity index (χ1) is 9.39. The maximum Gasteiger partial charge on any atom is 0.408 e. The van der Waals surface area contributed by atoms with Crippen LogP contribution in [-0.2, 0) is 14.3 Å². The van der Waals surface area contributed by atoms with E-state index in [1.165, 1.54) is 0 Å². The third-order valence-corrected chi connectivity index (χ3v) is 3.10. The number of carbonyl (C=O) groups excluding carboxylic acids is 2. The Morgan fingerprint density at radius 1 is 1.48 bits per heavy atom. The lowest BCUT2D eigenvalue weighted by atomic mass is 9.91. The largest absolute Gasteiger partial charge is 0.480 e. The SMILES string of the molecule is CC1(C)CC(C[C@H](NC(=O)OC(C)(C)C)C(=O)O)C(=O)N1. The maximum atomic E-state index is 11.8. The first-order valence-corrected chi connectivity index (χ1v) is 6.94. The Labute approximate surface area is 124 Å². The molecule has 7 nitrogen and oxygen atoms in total. The molecule has 0 aromatic heterocycles. The summed E-state index contributed by atoms with van der Waals surface area (Å²) in [6.07, 6.45) is -0.220. The number of carboxylic acid groups (broad SMARTS) is 1. The molecule has 1 aliphatic heterocycles. The number of aliphatic carboxylic acids is 1. The van der Waals surface area contributed by atoms with Gasteiger partial charge >= 0.3 is 12.1 Å². The van der Waals surface area contributed by atoms with Crippen molar-refractivity contribution in [1.29, 1.82) is 0 Å². The number of alkyl carbamates (subject to hydrolysis) is 1. The molecule has 1 unspecified atom stereocenters. The smallest absolute Gasteiger partial charge is 0.408 e. The van der Waals surface area contributed by atoms with E-state index in [2.05, 4.69) is 10.6 Å². The van der Waals surface area contributed by atoms with Gasteiger partial charge < -0.3 is 20.5 Å². The maximum absolute atomic E-state index is 11.8. The zero-order chi connectivity index (χ0) is 16.4. The van der Waals surface area contributed by atoms with Gasteiger partial charge in [0.15, 0.2) is 0 Å². The second kappa shape index (κ2) is 5.91. The quantitative estimate of drug-likeness (QED) is 0.725. The van der Waals surface area contributed by atoms with Gasteiger partial charge in [-0.2, -0.15) is 0 Å². The molecule has 0 bridgehead atoms. The van der Waals surface area contributed by atoms with Gasteiger partial charge in [-0.3, -0.25) is 4.79 Å². The van der Waals surface area contributed by atoms with Crippen molar-refractivity contribution in [3.8, 4) is 0 Å². The highest BCUT2D eigenvalue weighted by molar-refractivity contribution is 5.84. The molecular formula is C14H24N2O5. The summed E-state index contributed by atoms with van der Waals surface area (Å²) in [6, 6.07) is -1.15. The topological polar surface area (TPSA) is 105 Å². The Morgan fingerprint density at radius 3 is 2.43 bits per heavy atom. The summed E-state index contributed by atoms with van der Waals surface area (Å²) in [5, 5.41) is 14.3. The number of hydrogen-bond acceptors (Lipinski definition) is 4. The molecule has 2 amide bonds. The van der Waals surface area contributed by atoms with Crippen LogP contribution in [0.1, 0.15) is 47.5 Å². The van der Waals surface area contributed by atoms with E-state index in [-0.39, 0.29) is 17.9 Å². The van der Waals surface area contributed by atoms with Gasteiger partial charge in [-0.25, -0.2) is 9.59 Å². The predicted molar refractivity (Wildman–Crippen MR) is 75.7 cm³/mol. The zero-order valence-electron chi connectivity index (χ0n) is 13.1. The van der Waals surface area contributed by atoms with Crippen molar-refractivity contribution in [2.24, 2.45) is 5.92 Å². The van der Waals surface area contributed by atoms with Crippen molar-refractivity contribution in [2.45, 2.75) is 64.6 Å². The predicted octanol–water partition coefficient (Wildman–Crippen LogP) is 1.27. The van der Waals surface area contributed by atoms with Crippen LogP contribution >= 0.6 is 0 Å². The molecule has 3 N–H and O–H groups in total. The highest BCUT2D eigenvalue weighted by atomic mass is 16.6. The minimum atomic E-state index is -1.18. The Hall–Kier alpha value is -1.79. The van der Waals surface area contributed by atoms with E-state index < -0.39 is 29.6 Å².